The van der Waals surface area contributed by atoms with E-state index in [0.717, 1.165) is 60.7 Å². The van der Waals surface area contributed by atoms with Crippen molar-refractivity contribution in [1.82, 2.24) is 24.0 Å². The molecule has 0 radical (unpaired) electrons. The van der Waals surface area contributed by atoms with Gasteiger partial charge in [0, 0.05) is 67.8 Å². The highest BCUT2D eigenvalue weighted by Crippen LogP contribution is 2.40. The lowest BCUT2D eigenvalue weighted by atomic mass is 10.1. The number of likely N-dealkylation sites (tertiary alicyclic amines) is 1. The van der Waals surface area contributed by atoms with E-state index in [0.29, 0.717) is 23.1 Å². The number of aryl methyl sites for hydroxylation is 1. The van der Waals surface area contributed by atoms with E-state index in [1.54, 1.807) is 7.11 Å². The van der Waals surface area contributed by atoms with Gasteiger partial charge in [0.25, 0.3) is 5.91 Å². The number of pyridine rings is 1. The van der Waals surface area contributed by atoms with Gasteiger partial charge in [-0.25, -0.2) is 4.98 Å². The molecule has 2 aliphatic carbocycles. The topological polar surface area (TPSA) is 103 Å². The van der Waals surface area contributed by atoms with Crippen LogP contribution in [-0.4, -0.2) is 55.6 Å². The normalized spacial score (nSPS) is 21.3. The summed E-state index contributed by atoms with van der Waals surface area (Å²) >= 11 is 0. The fraction of sp³-hybridized carbons (Fsp3) is 0.382. The third-order valence-corrected chi connectivity index (χ3v) is 9.83. The van der Waals surface area contributed by atoms with Crippen LogP contribution >= 0.6 is 0 Å². The maximum absolute atomic E-state index is 13.7. The van der Waals surface area contributed by atoms with Crippen LogP contribution in [0.15, 0.2) is 60.9 Å². The van der Waals surface area contributed by atoms with Crippen LogP contribution in [0.25, 0.3) is 33.5 Å². The maximum Gasteiger partial charge on any atom is 0.254 e. The average molecular weight is 576 g/mol. The van der Waals surface area contributed by atoms with Crippen molar-refractivity contribution in [3.63, 3.8) is 0 Å². The molecule has 8 rings (SSSR count). The summed E-state index contributed by atoms with van der Waals surface area (Å²) < 4.78 is 10.4. The van der Waals surface area contributed by atoms with Crippen molar-refractivity contribution in [3.8, 4) is 17.3 Å². The number of hydrogen-bond acceptors (Lipinski definition) is 6. The minimum absolute atomic E-state index is 0.0182. The van der Waals surface area contributed by atoms with Crippen LogP contribution < -0.4 is 15.8 Å². The molecule has 4 heterocycles. The number of nitrogens with zero attached hydrogens (tertiary/aromatic N) is 5. The number of methoxy groups -OCH3 is 1. The van der Waals surface area contributed by atoms with E-state index in [1.165, 1.54) is 29.3 Å². The lowest BCUT2D eigenvalue weighted by molar-refractivity contribution is 0.0700. The molecule has 1 aliphatic heterocycles. The fourth-order valence-corrected chi connectivity index (χ4v) is 7.28. The van der Waals surface area contributed by atoms with E-state index in [1.807, 2.05) is 48.6 Å². The Kier molecular flexibility index (Phi) is 6.18. The van der Waals surface area contributed by atoms with E-state index in [9.17, 15) is 4.79 Å². The number of carbonyl (C=O) groups excluding carboxylic acids is 1. The molecule has 2 unspecified atom stereocenters. The van der Waals surface area contributed by atoms with Crippen molar-refractivity contribution in [2.24, 2.45) is 24.6 Å². The standard InChI is InChI=1S/C34H37N7O2/c1-39-32-26(13-24(15-30(32)43-2)34(42)41-19-23-6-8-27(41)31(23)35)38-33(39)29-14-22-5-7-25(37-17-20-9-11-36-12-10-20)16-28(22)40(29)18-21-3-4-21/h5,7,9-16,21,23,27,31,37H,3-4,6,8,17-19,35H2,1-2H3/t23?,27?,31-/m1/s1. The maximum atomic E-state index is 13.7. The highest BCUT2D eigenvalue weighted by Gasteiger charge is 2.47. The Morgan fingerprint density at radius 1 is 1.07 bits per heavy atom. The summed E-state index contributed by atoms with van der Waals surface area (Å²) in [5.41, 5.74) is 13.2. The lowest BCUT2D eigenvalue weighted by Crippen LogP contribution is -2.41. The first-order valence-corrected chi connectivity index (χ1v) is 15.4. The largest absolute Gasteiger partial charge is 0.494 e. The highest BCUT2D eigenvalue weighted by molar-refractivity contribution is 6.00. The molecular formula is C34H37N7O2. The smallest absolute Gasteiger partial charge is 0.254 e. The number of rotatable bonds is 8. The second-order valence-electron chi connectivity index (χ2n) is 12.5. The summed E-state index contributed by atoms with van der Waals surface area (Å²) in [6, 6.07) is 16.9. The Bertz CT molecular complexity index is 1860. The van der Waals surface area contributed by atoms with E-state index in [2.05, 4.69) is 43.7 Å². The first-order valence-electron chi connectivity index (χ1n) is 15.4. The van der Waals surface area contributed by atoms with Gasteiger partial charge in [-0.05, 0) is 85.5 Å². The van der Waals surface area contributed by atoms with E-state index < -0.39 is 0 Å². The van der Waals surface area contributed by atoms with Gasteiger partial charge in [0.05, 0.1) is 23.8 Å². The first-order chi connectivity index (χ1) is 21.0. The van der Waals surface area contributed by atoms with E-state index in [4.69, 9.17) is 15.5 Å². The predicted octanol–water partition coefficient (Wildman–Crippen LogP) is 5.18. The third-order valence-electron chi connectivity index (χ3n) is 9.83. The number of benzene rings is 2. The van der Waals surface area contributed by atoms with Crippen LogP contribution in [-0.2, 0) is 20.1 Å². The molecule has 1 amide bonds. The fourth-order valence-electron chi connectivity index (χ4n) is 7.28. The van der Waals surface area contributed by atoms with Gasteiger partial charge >= 0.3 is 0 Å². The highest BCUT2D eigenvalue weighted by atomic mass is 16.5. The van der Waals surface area contributed by atoms with Crippen LogP contribution in [0.5, 0.6) is 5.75 Å². The number of nitrogens with two attached hydrogens (primary N) is 1. The van der Waals surface area contributed by atoms with Gasteiger partial charge in [-0.3, -0.25) is 9.78 Å². The number of imidazole rings is 1. The molecule has 220 valence electrons. The molecule has 3 N–H and O–H groups in total. The molecule has 0 spiro atoms. The van der Waals surface area contributed by atoms with Crippen molar-refractivity contribution in [3.05, 3.63) is 72.1 Å². The molecular weight excluding hydrogens is 538 g/mol. The summed E-state index contributed by atoms with van der Waals surface area (Å²) in [5.74, 6) is 2.62. The van der Waals surface area contributed by atoms with Crippen LogP contribution in [0.2, 0.25) is 0 Å². The molecule has 3 fully saturated rings. The second-order valence-corrected chi connectivity index (χ2v) is 12.5. The lowest BCUT2D eigenvalue weighted by Gasteiger charge is -2.27. The van der Waals surface area contributed by atoms with Gasteiger partial charge in [-0.15, -0.1) is 0 Å². The zero-order chi connectivity index (χ0) is 29.2. The minimum atomic E-state index is 0.0182. The molecule has 3 aliphatic rings. The molecule has 9 heteroatoms. The molecule has 1 saturated heterocycles. The molecule has 2 aromatic carbocycles. The van der Waals surface area contributed by atoms with Gasteiger partial charge in [-0.2, -0.15) is 0 Å². The van der Waals surface area contributed by atoms with Gasteiger partial charge in [0.1, 0.15) is 11.3 Å². The van der Waals surface area contributed by atoms with Crippen molar-refractivity contribution >= 4 is 33.5 Å². The second kappa shape index (κ2) is 10.1. The van der Waals surface area contributed by atoms with E-state index in [-0.39, 0.29) is 18.0 Å². The Labute approximate surface area is 250 Å². The minimum Gasteiger partial charge on any atom is -0.494 e. The number of anilines is 1. The Balaban J connectivity index is 1.18. The average Bonchev–Trinajstić information content (AvgIpc) is 3.44. The summed E-state index contributed by atoms with van der Waals surface area (Å²) in [6.07, 6.45) is 8.24. The zero-order valence-electron chi connectivity index (χ0n) is 24.7. The van der Waals surface area contributed by atoms with Gasteiger partial charge in [0.15, 0.2) is 5.82 Å². The van der Waals surface area contributed by atoms with Crippen molar-refractivity contribution in [2.45, 2.75) is 50.9 Å². The predicted molar refractivity (Wildman–Crippen MR) is 168 cm³/mol. The van der Waals surface area contributed by atoms with Gasteiger partial charge < -0.3 is 29.8 Å². The Morgan fingerprint density at radius 3 is 2.63 bits per heavy atom. The third kappa shape index (κ3) is 4.45. The molecule has 3 aromatic heterocycles. The number of amides is 1. The Hall–Kier alpha value is -4.37. The Morgan fingerprint density at radius 2 is 1.91 bits per heavy atom. The van der Waals surface area contributed by atoms with Crippen LogP contribution in [0.3, 0.4) is 0 Å². The SMILES string of the molecule is COc1cc(C(=O)N2CC3CCC2[C@@H]3N)cc2nc(-c3cc4ccc(NCc5ccncc5)cc4n3CC3CC3)n(C)c12. The van der Waals surface area contributed by atoms with Crippen LogP contribution in [0.1, 0.15) is 41.6 Å². The zero-order valence-corrected chi connectivity index (χ0v) is 24.7. The van der Waals surface area contributed by atoms with Gasteiger partial charge in [0.2, 0.25) is 0 Å². The number of nitrogens with one attached hydrogen (secondary N) is 1. The number of carbonyl (C=O) groups is 1. The van der Waals surface area contributed by atoms with Gasteiger partial charge in [-0.1, -0.05) is 6.07 Å². The molecule has 5 aromatic rings. The summed E-state index contributed by atoms with van der Waals surface area (Å²) in [6.45, 7) is 2.42. The molecule has 3 atom stereocenters. The summed E-state index contributed by atoms with van der Waals surface area (Å²) in [5, 5.41) is 4.76. The molecule has 43 heavy (non-hydrogen) atoms. The molecule has 2 bridgehead atoms. The summed E-state index contributed by atoms with van der Waals surface area (Å²) in [4.78, 5) is 24.9. The van der Waals surface area contributed by atoms with Crippen molar-refractivity contribution < 1.29 is 9.53 Å². The molecule has 9 nitrogen and oxygen atoms in total. The number of hydrogen-bond donors (Lipinski definition) is 2. The number of piperidine rings is 1. The molecule has 2 saturated carbocycles. The number of fused-ring (bicyclic) bond motifs is 4. The quantitative estimate of drug-likeness (QED) is 0.264. The number of aromatic nitrogens is 4. The van der Waals surface area contributed by atoms with Crippen LogP contribution in [0, 0.1) is 11.8 Å². The first kappa shape index (κ1) is 26.3. The monoisotopic (exact) mass is 575 g/mol. The number of ether oxygens (including phenoxy) is 1. The van der Waals surface area contributed by atoms with E-state index >= 15 is 0 Å². The van der Waals surface area contributed by atoms with Crippen molar-refractivity contribution in [1.29, 1.82) is 0 Å². The van der Waals surface area contributed by atoms with Crippen LogP contribution in [0.4, 0.5) is 5.69 Å². The van der Waals surface area contributed by atoms with Crippen molar-refractivity contribution in [2.75, 3.05) is 19.0 Å². The summed E-state index contributed by atoms with van der Waals surface area (Å²) in [7, 11) is 3.70.